The van der Waals surface area contributed by atoms with Crippen molar-refractivity contribution < 1.29 is 0 Å². The molecule has 1 aliphatic heterocycles. The van der Waals surface area contributed by atoms with Gasteiger partial charge in [0, 0.05) is 23.1 Å². The molecular weight excluding hydrogens is 200 g/mol. The number of thioether (sulfide) groups is 1. The number of hydrogen-bond donors (Lipinski definition) is 0. The lowest BCUT2D eigenvalue weighted by atomic mass is 10.1. The summed E-state index contributed by atoms with van der Waals surface area (Å²) >= 11 is 3.40. The zero-order valence-corrected chi connectivity index (χ0v) is 8.36. The number of rotatable bonds is 0. The van der Waals surface area contributed by atoms with Gasteiger partial charge >= 0.3 is 0 Å². The topological polar surface area (TPSA) is 25.2 Å². The lowest BCUT2D eigenvalue weighted by Crippen LogP contribution is -1.99. The second-order valence-electron chi connectivity index (χ2n) is 2.82. The average molecular weight is 206 g/mol. The van der Waals surface area contributed by atoms with Crippen LogP contribution in [0.5, 0.6) is 0 Å². The first kappa shape index (κ1) is 7.53. The van der Waals surface area contributed by atoms with Gasteiger partial charge in [0.2, 0.25) is 0 Å². The number of hydrogen-bond acceptors (Lipinski definition) is 4. The summed E-state index contributed by atoms with van der Waals surface area (Å²) < 4.78 is 0. The van der Waals surface area contributed by atoms with E-state index in [1.807, 2.05) is 17.3 Å². The predicted octanol–water partition coefficient (Wildman–Crippen LogP) is 2.70. The van der Waals surface area contributed by atoms with Crippen molar-refractivity contribution in [1.29, 1.82) is 0 Å². The second-order valence-corrected chi connectivity index (χ2v) is 4.56. The van der Waals surface area contributed by atoms with Crippen LogP contribution in [0.25, 0.3) is 5.57 Å². The summed E-state index contributed by atoms with van der Waals surface area (Å²) in [6.45, 7) is 0. The maximum Gasteiger partial charge on any atom is 0.0801 e. The van der Waals surface area contributed by atoms with Crippen molar-refractivity contribution in [3.63, 3.8) is 0 Å². The monoisotopic (exact) mass is 206 g/mol. The molecule has 0 N–H and O–H groups in total. The minimum atomic E-state index is 0.965. The molecule has 64 valence electrons. The number of thiazole rings is 1. The number of aromatic nitrogens is 1. The van der Waals surface area contributed by atoms with Gasteiger partial charge in [0.1, 0.15) is 0 Å². The maximum atomic E-state index is 4.32. The first-order valence-electron chi connectivity index (χ1n) is 3.97. The molecule has 0 fully saturated rings. The molecular formula is C9H6N2S2. The lowest BCUT2D eigenvalue weighted by Gasteiger charge is -2.15. The maximum absolute atomic E-state index is 4.32. The van der Waals surface area contributed by atoms with Crippen LogP contribution in [0.15, 0.2) is 27.7 Å². The molecule has 1 aliphatic carbocycles. The molecule has 0 radical (unpaired) electrons. The first-order chi connectivity index (χ1) is 6.45. The Hall–Kier alpha value is -0.870. The fraction of sp³-hybridized carbons (Fsp3) is 0.111. The second kappa shape index (κ2) is 2.82. The van der Waals surface area contributed by atoms with E-state index in [0.29, 0.717) is 0 Å². The Kier molecular flexibility index (Phi) is 1.63. The summed E-state index contributed by atoms with van der Waals surface area (Å²) in [7, 11) is 0. The van der Waals surface area contributed by atoms with Gasteiger partial charge in [-0.05, 0) is 0 Å². The van der Waals surface area contributed by atoms with Crippen molar-refractivity contribution in [2.45, 2.75) is 6.42 Å². The van der Waals surface area contributed by atoms with Crippen molar-refractivity contribution in [2.75, 3.05) is 0 Å². The highest BCUT2D eigenvalue weighted by Gasteiger charge is 2.20. The third-order valence-corrected chi connectivity index (χ3v) is 3.85. The van der Waals surface area contributed by atoms with Gasteiger partial charge in [-0.2, -0.15) is 0 Å². The zero-order chi connectivity index (χ0) is 8.67. The van der Waals surface area contributed by atoms with Crippen LogP contribution in [0, 0.1) is 0 Å². The molecule has 0 unspecified atom stereocenters. The van der Waals surface area contributed by atoms with Gasteiger partial charge in [-0.3, -0.25) is 4.99 Å². The average Bonchev–Trinajstić information content (AvgIpc) is 2.65. The van der Waals surface area contributed by atoms with E-state index < -0.39 is 0 Å². The van der Waals surface area contributed by atoms with Crippen molar-refractivity contribution in [3.05, 3.63) is 33.3 Å². The number of aliphatic imine (C=N–C) groups is 1. The van der Waals surface area contributed by atoms with Gasteiger partial charge in [0.15, 0.2) is 0 Å². The van der Waals surface area contributed by atoms with E-state index in [4.69, 9.17) is 0 Å². The normalized spacial score (nSPS) is 18.8. The van der Waals surface area contributed by atoms with Crippen LogP contribution < -0.4 is 0 Å². The molecule has 0 spiro atoms. The standard InChI is InChI=1S/C9H6N2S2/c1-2-8-6(3-10-4-12-8)9-7(1)11-5-13-9/h2-5H,1H2. The van der Waals surface area contributed by atoms with E-state index >= 15 is 0 Å². The van der Waals surface area contributed by atoms with E-state index in [-0.39, 0.29) is 0 Å². The van der Waals surface area contributed by atoms with Gasteiger partial charge in [-0.25, -0.2) is 4.98 Å². The molecule has 0 saturated heterocycles. The Morgan fingerprint density at radius 3 is 3.38 bits per heavy atom. The minimum Gasteiger partial charge on any atom is -0.257 e. The van der Waals surface area contributed by atoms with Crippen molar-refractivity contribution in [3.8, 4) is 0 Å². The summed E-state index contributed by atoms with van der Waals surface area (Å²) in [5, 5.41) is 0. The first-order valence-corrected chi connectivity index (χ1v) is 5.73. The van der Waals surface area contributed by atoms with E-state index in [2.05, 4.69) is 16.1 Å². The molecule has 0 bridgehead atoms. The smallest absolute Gasteiger partial charge is 0.0801 e. The largest absolute Gasteiger partial charge is 0.257 e. The summed E-state index contributed by atoms with van der Waals surface area (Å²) in [5.74, 6) is 0. The summed E-state index contributed by atoms with van der Waals surface area (Å²) in [5.41, 5.74) is 6.22. The third kappa shape index (κ3) is 1.09. The molecule has 13 heavy (non-hydrogen) atoms. The lowest BCUT2D eigenvalue weighted by molar-refractivity contribution is 1.13. The van der Waals surface area contributed by atoms with E-state index in [1.54, 1.807) is 23.1 Å². The molecule has 3 rings (SSSR count). The highest BCUT2D eigenvalue weighted by molar-refractivity contribution is 8.16. The molecule has 4 heteroatoms. The SMILES string of the molecule is C1=NC=C2C(=CCc3ncsc32)S1. The predicted molar refractivity (Wildman–Crippen MR) is 58.0 cm³/mol. The molecule has 2 heterocycles. The van der Waals surface area contributed by atoms with Crippen LogP contribution in [-0.2, 0) is 6.42 Å². The number of allylic oxidation sites excluding steroid dienone is 2. The number of fused-ring (bicyclic) bond motifs is 3. The molecule has 2 aliphatic rings. The van der Waals surface area contributed by atoms with Gasteiger partial charge in [-0.15, -0.1) is 11.3 Å². The van der Waals surface area contributed by atoms with Crippen molar-refractivity contribution >= 4 is 34.2 Å². The van der Waals surface area contributed by atoms with Crippen LogP contribution in [-0.4, -0.2) is 10.5 Å². The van der Waals surface area contributed by atoms with Gasteiger partial charge in [-0.1, -0.05) is 17.8 Å². The molecule has 0 amide bonds. The third-order valence-electron chi connectivity index (χ3n) is 2.08. The fourth-order valence-corrected chi connectivity index (χ4v) is 3.08. The Morgan fingerprint density at radius 2 is 2.38 bits per heavy atom. The Balaban J connectivity index is 2.22. The van der Waals surface area contributed by atoms with Gasteiger partial charge in [0.25, 0.3) is 0 Å². The molecule has 0 atom stereocenters. The van der Waals surface area contributed by atoms with E-state index in [1.165, 1.54) is 21.0 Å². The van der Waals surface area contributed by atoms with Crippen molar-refractivity contribution in [1.82, 2.24) is 4.98 Å². The minimum absolute atomic E-state index is 0.965. The Labute approximate surface area is 84.1 Å². The van der Waals surface area contributed by atoms with Crippen LogP contribution in [0.4, 0.5) is 0 Å². The van der Waals surface area contributed by atoms with Crippen LogP contribution >= 0.6 is 23.1 Å². The number of nitrogens with zero attached hydrogens (tertiary/aromatic N) is 2. The van der Waals surface area contributed by atoms with Gasteiger partial charge < -0.3 is 0 Å². The molecule has 2 nitrogen and oxygen atoms in total. The quantitative estimate of drug-likeness (QED) is 0.652. The van der Waals surface area contributed by atoms with Crippen LogP contribution in [0.2, 0.25) is 0 Å². The molecule has 1 aromatic heterocycles. The van der Waals surface area contributed by atoms with E-state index in [9.17, 15) is 0 Å². The summed E-state index contributed by atoms with van der Waals surface area (Å²) in [4.78, 5) is 11.1. The van der Waals surface area contributed by atoms with Gasteiger partial charge in [0.05, 0.1) is 21.6 Å². The highest BCUT2D eigenvalue weighted by atomic mass is 32.2. The Morgan fingerprint density at radius 1 is 1.38 bits per heavy atom. The van der Waals surface area contributed by atoms with Crippen molar-refractivity contribution in [2.24, 2.45) is 4.99 Å². The highest BCUT2D eigenvalue weighted by Crippen LogP contribution is 2.40. The summed E-state index contributed by atoms with van der Waals surface area (Å²) in [6.07, 6.45) is 5.12. The molecule has 0 aromatic carbocycles. The van der Waals surface area contributed by atoms with Crippen LogP contribution in [0.3, 0.4) is 0 Å². The molecule has 0 saturated carbocycles. The Bertz CT molecular complexity index is 440. The van der Waals surface area contributed by atoms with Crippen LogP contribution in [0.1, 0.15) is 10.6 Å². The fourth-order valence-electron chi connectivity index (χ4n) is 1.47. The summed E-state index contributed by atoms with van der Waals surface area (Å²) in [6, 6.07) is 0. The zero-order valence-electron chi connectivity index (χ0n) is 6.73. The molecule has 1 aromatic rings. The van der Waals surface area contributed by atoms with E-state index in [0.717, 1.165) is 6.42 Å².